The zero-order valence-electron chi connectivity index (χ0n) is 15.6. The monoisotopic (exact) mass is 398 g/mol. The lowest BCUT2D eigenvalue weighted by Crippen LogP contribution is -1.87. The van der Waals surface area contributed by atoms with E-state index in [0.29, 0.717) is 0 Å². The Balaban J connectivity index is 1.30. The summed E-state index contributed by atoms with van der Waals surface area (Å²) in [4.78, 5) is 2.57. The summed E-state index contributed by atoms with van der Waals surface area (Å²) in [5.41, 5.74) is 5.41. The number of hydrogen-bond donors (Lipinski definition) is 0. The fourth-order valence-electron chi connectivity index (χ4n) is 3.09. The topological polar surface area (TPSA) is 0 Å². The van der Waals surface area contributed by atoms with E-state index in [9.17, 15) is 0 Å². The summed E-state index contributed by atoms with van der Waals surface area (Å²) in [7, 11) is 3.63. The molecule has 0 N–H and O–H groups in total. The van der Waals surface area contributed by atoms with Crippen molar-refractivity contribution in [1.29, 1.82) is 0 Å². The Morgan fingerprint density at radius 2 is 0.679 bits per heavy atom. The molecule has 0 aliphatic rings. The van der Waals surface area contributed by atoms with E-state index in [0.717, 1.165) is 12.8 Å². The summed E-state index contributed by atoms with van der Waals surface area (Å²) >= 11 is 0. The van der Waals surface area contributed by atoms with Crippen LogP contribution in [0.3, 0.4) is 0 Å². The molecule has 0 aliphatic carbocycles. The van der Waals surface area contributed by atoms with Crippen LogP contribution in [0.4, 0.5) is 0 Å². The van der Waals surface area contributed by atoms with Crippen molar-refractivity contribution in [2.24, 2.45) is 0 Å². The highest BCUT2D eigenvalue weighted by Crippen LogP contribution is 2.37. The minimum absolute atomic E-state index is 0.988. The molecule has 0 saturated carbocycles. The second-order valence-corrected chi connectivity index (χ2v) is 9.06. The Labute approximate surface area is 175 Å². The largest absolute Gasteiger partial charge is 0.0622 e. The zero-order chi connectivity index (χ0) is 19.0. The third-order valence-electron chi connectivity index (χ3n) is 4.58. The highest BCUT2D eigenvalue weighted by Gasteiger charge is 2.01. The van der Waals surface area contributed by atoms with Crippen LogP contribution in [0, 0.1) is 0 Å². The van der Waals surface area contributed by atoms with Crippen LogP contribution in [0.5, 0.6) is 0 Å². The van der Waals surface area contributed by atoms with E-state index in [1.807, 2.05) is 21.6 Å². The van der Waals surface area contributed by atoms with Gasteiger partial charge in [0.15, 0.2) is 0 Å². The van der Waals surface area contributed by atoms with Crippen molar-refractivity contribution in [3.05, 3.63) is 131 Å². The first kappa shape index (κ1) is 18.9. The van der Waals surface area contributed by atoms with Gasteiger partial charge in [0.25, 0.3) is 0 Å². The third-order valence-corrected chi connectivity index (χ3v) is 7.00. The predicted molar refractivity (Wildman–Crippen MR) is 123 cm³/mol. The molecule has 2 heteroatoms. The van der Waals surface area contributed by atoms with E-state index in [2.05, 4.69) is 109 Å². The molecule has 0 fully saturated rings. The predicted octanol–water partition coefficient (Wildman–Crippen LogP) is 7.67. The van der Waals surface area contributed by atoms with Gasteiger partial charge in [-0.1, -0.05) is 107 Å². The molecule has 4 rings (SSSR count). The van der Waals surface area contributed by atoms with E-state index in [-0.39, 0.29) is 0 Å². The lowest BCUT2D eigenvalue weighted by atomic mass is 10.1. The number of hydrogen-bond acceptors (Lipinski definition) is 2. The van der Waals surface area contributed by atoms with E-state index >= 15 is 0 Å². The molecule has 0 spiro atoms. The van der Waals surface area contributed by atoms with Crippen LogP contribution in [-0.4, -0.2) is 0 Å². The molecular weight excluding hydrogens is 376 g/mol. The second-order valence-electron chi connectivity index (χ2n) is 6.78. The maximum Gasteiger partial charge on any atom is 0.0186 e. The van der Waals surface area contributed by atoms with Crippen molar-refractivity contribution in [3.63, 3.8) is 0 Å². The Kier molecular flexibility index (Phi) is 6.54. The second kappa shape index (κ2) is 9.68. The molecule has 0 radical (unpaired) electrons. The van der Waals surface area contributed by atoms with Gasteiger partial charge < -0.3 is 0 Å². The fraction of sp³-hybridized carbons (Fsp3) is 0.0769. The normalized spacial score (nSPS) is 10.7. The summed E-state index contributed by atoms with van der Waals surface area (Å²) < 4.78 is 0. The highest BCUT2D eigenvalue weighted by molar-refractivity contribution is 8.76. The highest BCUT2D eigenvalue weighted by atomic mass is 33.1. The Morgan fingerprint density at radius 3 is 1.04 bits per heavy atom. The average Bonchev–Trinajstić information content (AvgIpc) is 2.76. The maximum atomic E-state index is 2.23. The molecule has 0 amide bonds. The number of benzene rings is 4. The lowest BCUT2D eigenvalue weighted by molar-refractivity contribution is 1.18. The van der Waals surface area contributed by atoms with Crippen LogP contribution >= 0.6 is 21.6 Å². The quantitative estimate of drug-likeness (QED) is 0.293. The summed E-state index contributed by atoms with van der Waals surface area (Å²) in [6.45, 7) is 0. The van der Waals surface area contributed by atoms with Crippen molar-refractivity contribution in [1.82, 2.24) is 0 Å². The first-order valence-electron chi connectivity index (χ1n) is 9.45. The summed E-state index contributed by atoms with van der Waals surface area (Å²) in [6.07, 6.45) is 1.98. The first-order chi connectivity index (χ1) is 13.8. The summed E-state index contributed by atoms with van der Waals surface area (Å²) in [5.74, 6) is 0. The van der Waals surface area contributed by atoms with Gasteiger partial charge >= 0.3 is 0 Å². The van der Waals surface area contributed by atoms with Gasteiger partial charge in [-0.2, -0.15) is 0 Å². The lowest BCUT2D eigenvalue weighted by Gasteiger charge is -2.06. The molecule has 0 unspecified atom stereocenters. The minimum Gasteiger partial charge on any atom is -0.0622 e. The van der Waals surface area contributed by atoms with E-state index in [1.54, 1.807) is 0 Å². The Hall–Kier alpha value is -2.42. The molecule has 0 atom stereocenters. The van der Waals surface area contributed by atoms with Crippen LogP contribution in [-0.2, 0) is 12.8 Å². The van der Waals surface area contributed by atoms with Gasteiger partial charge in [-0.05, 0) is 59.4 Å². The molecule has 0 bridgehead atoms. The van der Waals surface area contributed by atoms with Crippen molar-refractivity contribution in [3.8, 4) is 0 Å². The third kappa shape index (κ3) is 5.54. The van der Waals surface area contributed by atoms with Gasteiger partial charge in [0.05, 0.1) is 0 Å². The van der Waals surface area contributed by atoms with Crippen LogP contribution < -0.4 is 0 Å². The molecule has 0 aliphatic heterocycles. The van der Waals surface area contributed by atoms with Gasteiger partial charge in [-0.15, -0.1) is 0 Å². The van der Waals surface area contributed by atoms with Gasteiger partial charge in [0, 0.05) is 9.79 Å². The fourth-order valence-corrected chi connectivity index (χ4v) is 5.02. The van der Waals surface area contributed by atoms with Gasteiger partial charge in [-0.25, -0.2) is 0 Å². The average molecular weight is 399 g/mol. The Morgan fingerprint density at radius 1 is 0.357 bits per heavy atom. The smallest absolute Gasteiger partial charge is 0.0186 e. The molecule has 0 saturated heterocycles. The molecule has 0 aromatic heterocycles. The van der Waals surface area contributed by atoms with Gasteiger partial charge in [-0.3, -0.25) is 0 Å². The van der Waals surface area contributed by atoms with Crippen molar-refractivity contribution < 1.29 is 0 Å². The molecule has 4 aromatic rings. The van der Waals surface area contributed by atoms with Crippen molar-refractivity contribution in [2.45, 2.75) is 22.6 Å². The molecule has 0 nitrogen and oxygen atoms in total. The van der Waals surface area contributed by atoms with Crippen molar-refractivity contribution >= 4 is 21.6 Å². The molecule has 0 heterocycles. The van der Waals surface area contributed by atoms with Crippen LogP contribution in [0.1, 0.15) is 22.3 Å². The minimum atomic E-state index is 0.988. The Bertz CT molecular complexity index is 891. The van der Waals surface area contributed by atoms with Crippen LogP contribution in [0.2, 0.25) is 0 Å². The molecular formula is C26H22S2. The van der Waals surface area contributed by atoms with E-state index in [4.69, 9.17) is 0 Å². The van der Waals surface area contributed by atoms with E-state index < -0.39 is 0 Å². The maximum absolute atomic E-state index is 2.23. The SMILES string of the molecule is c1ccc(Cc2ccc(SSc3ccc(Cc4ccccc4)cc3)cc2)cc1. The number of rotatable bonds is 7. The van der Waals surface area contributed by atoms with Gasteiger partial charge in [0.2, 0.25) is 0 Å². The molecule has 4 aromatic carbocycles. The molecule has 138 valence electrons. The summed E-state index contributed by atoms with van der Waals surface area (Å²) in [5, 5.41) is 0. The van der Waals surface area contributed by atoms with Gasteiger partial charge in [0.1, 0.15) is 0 Å². The van der Waals surface area contributed by atoms with E-state index in [1.165, 1.54) is 32.0 Å². The first-order valence-corrected chi connectivity index (χ1v) is 11.6. The standard InChI is InChI=1S/C26H22S2/c1-3-7-21(8-4-1)19-23-11-15-25(16-12-23)27-28-26-17-13-24(14-18-26)20-22-9-5-2-6-10-22/h1-18H,19-20H2. The van der Waals surface area contributed by atoms with Crippen LogP contribution in [0.15, 0.2) is 119 Å². The zero-order valence-corrected chi connectivity index (χ0v) is 17.3. The van der Waals surface area contributed by atoms with Crippen molar-refractivity contribution in [2.75, 3.05) is 0 Å². The summed E-state index contributed by atoms with van der Waals surface area (Å²) in [6, 6.07) is 39.1. The van der Waals surface area contributed by atoms with Crippen LogP contribution in [0.25, 0.3) is 0 Å². The molecule has 28 heavy (non-hydrogen) atoms.